The molecule has 3 aromatic rings. The lowest BCUT2D eigenvalue weighted by Gasteiger charge is -2.05. The number of nitrogens with one attached hydrogen (secondary N) is 1. The minimum Gasteiger partial charge on any atom is -0.497 e. The van der Waals surface area contributed by atoms with Crippen LogP contribution in [0.1, 0.15) is 5.56 Å². The zero-order chi connectivity index (χ0) is 19.2. The Balaban J connectivity index is 1.54. The van der Waals surface area contributed by atoms with E-state index in [9.17, 15) is 14.0 Å². The van der Waals surface area contributed by atoms with Gasteiger partial charge in [0.1, 0.15) is 18.1 Å². The SMILES string of the molecule is COc1ccc(CCNC(=O)Cn2nc(-c3ccc(F)cc3)oc2=O)cc1. The average Bonchev–Trinajstić information content (AvgIpc) is 3.03. The number of methoxy groups -OCH3 is 1. The average molecular weight is 371 g/mol. The van der Waals surface area contributed by atoms with Crippen LogP contribution in [0.3, 0.4) is 0 Å². The quantitative estimate of drug-likeness (QED) is 0.687. The van der Waals surface area contributed by atoms with E-state index in [-0.39, 0.29) is 18.3 Å². The molecule has 0 fully saturated rings. The molecule has 0 aliphatic carbocycles. The summed E-state index contributed by atoms with van der Waals surface area (Å²) in [4.78, 5) is 23.9. The van der Waals surface area contributed by atoms with Crippen LogP contribution in [0.5, 0.6) is 5.75 Å². The fourth-order valence-electron chi connectivity index (χ4n) is 2.45. The maximum absolute atomic E-state index is 13.0. The minimum absolute atomic E-state index is 0.0334. The number of hydrogen-bond donors (Lipinski definition) is 1. The van der Waals surface area contributed by atoms with Crippen molar-refractivity contribution < 1.29 is 18.3 Å². The Morgan fingerprint density at radius 1 is 1.19 bits per heavy atom. The van der Waals surface area contributed by atoms with E-state index in [2.05, 4.69) is 10.4 Å². The number of amides is 1. The summed E-state index contributed by atoms with van der Waals surface area (Å²) in [5.41, 5.74) is 1.50. The molecule has 140 valence electrons. The van der Waals surface area contributed by atoms with Crippen molar-refractivity contribution in [3.8, 4) is 17.2 Å². The molecule has 3 rings (SSSR count). The van der Waals surface area contributed by atoms with Crippen LogP contribution in [-0.2, 0) is 17.8 Å². The molecule has 1 N–H and O–H groups in total. The fourth-order valence-corrected chi connectivity index (χ4v) is 2.45. The van der Waals surface area contributed by atoms with Crippen molar-refractivity contribution in [1.29, 1.82) is 0 Å². The summed E-state index contributed by atoms with van der Waals surface area (Å²) in [6, 6.07) is 12.9. The molecule has 1 aromatic heterocycles. The molecule has 0 spiro atoms. The molecule has 2 aromatic carbocycles. The number of hydrogen-bond acceptors (Lipinski definition) is 5. The molecule has 1 heterocycles. The van der Waals surface area contributed by atoms with Gasteiger partial charge in [-0.3, -0.25) is 4.79 Å². The Labute approximate surface area is 154 Å². The second-order valence-corrected chi connectivity index (χ2v) is 5.79. The van der Waals surface area contributed by atoms with Crippen LogP contribution in [0.2, 0.25) is 0 Å². The van der Waals surface area contributed by atoms with Gasteiger partial charge in [-0.2, -0.15) is 4.68 Å². The summed E-state index contributed by atoms with van der Waals surface area (Å²) < 4.78 is 24.0. The van der Waals surface area contributed by atoms with E-state index in [1.165, 1.54) is 24.3 Å². The van der Waals surface area contributed by atoms with Crippen molar-refractivity contribution in [2.45, 2.75) is 13.0 Å². The van der Waals surface area contributed by atoms with Gasteiger partial charge in [-0.05, 0) is 48.4 Å². The van der Waals surface area contributed by atoms with E-state index >= 15 is 0 Å². The first-order valence-electron chi connectivity index (χ1n) is 8.28. The molecule has 0 saturated heterocycles. The number of aromatic nitrogens is 2. The van der Waals surface area contributed by atoms with Gasteiger partial charge in [-0.1, -0.05) is 12.1 Å². The lowest BCUT2D eigenvalue weighted by molar-refractivity contribution is -0.121. The number of benzene rings is 2. The largest absolute Gasteiger partial charge is 0.497 e. The predicted molar refractivity (Wildman–Crippen MR) is 95.9 cm³/mol. The third kappa shape index (κ3) is 4.81. The number of halogens is 1. The molecule has 0 atom stereocenters. The van der Waals surface area contributed by atoms with Gasteiger partial charge in [0.2, 0.25) is 11.8 Å². The summed E-state index contributed by atoms with van der Waals surface area (Å²) in [5.74, 6) is -0.711. The lowest BCUT2D eigenvalue weighted by atomic mass is 10.1. The second kappa shape index (κ2) is 8.31. The van der Waals surface area contributed by atoms with Gasteiger partial charge >= 0.3 is 5.76 Å². The highest BCUT2D eigenvalue weighted by molar-refractivity contribution is 5.75. The highest BCUT2D eigenvalue weighted by atomic mass is 19.1. The summed E-state index contributed by atoms with van der Waals surface area (Å²) in [6.07, 6.45) is 0.643. The number of nitrogens with zero attached hydrogens (tertiary/aromatic N) is 2. The van der Waals surface area contributed by atoms with Gasteiger partial charge in [-0.15, -0.1) is 5.10 Å². The van der Waals surface area contributed by atoms with Gasteiger partial charge in [0.25, 0.3) is 0 Å². The first-order valence-corrected chi connectivity index (χ1v) is 8.28. The van der Waals surface area contributed by atoms with Crippen molar-refractivity contribution in [3.63, 3.8) is 0 Å². The van der Waals surface area contributed by atoms with Crippen LogP contribution in [-0.4, -0.2) is 29.3 Å². The molecule has 27 heavy (non-hydrogen) atoms. The predicted octanol–water partition coefficient (Wildman–Crippen LogP) is 2.01. The van der Waals surface area contributed by atoms with Crippen molar-refractivity contribution >= 4 is 5.91 Å². The summed E-state index contributed by atoms with van der Waals surface area (Å²) in [7, 11) is 1.60. The number of carbonyl (C=O) groups is 1. The molecule has 7 nitrogen and oxygen atoms in total. The highest BCUT2D eigenvalue weighted by Gasteiger charge is 2.13. The number of carbonyl (C=O) groups excluding carboxylic acids is 1. The Kier molecular flexibility index (Phi) is 5.65. The summed E-state index contributed by atoms with van der Waals surface area (Å²) in [5, 5.41) is 6.71. The Morgan fingerprint density at radius 2 is 1.89 bits per heavy atom. The van der Waals surface area contributed by atoms with Crippen LogP contribution in [0.15, 0.2) is 57.7 Å². The second-order valence-electron chi connectivity index (χ2n) is 5.79. The molecule has 1 amide bonds. The maximum atomic E-state index is 13.0. The zero-order valence-corrected chi connectivity index (χ0v) is 14.6. The molecule has 0 bridgehead atoms. The Hall–Kier alpha value is -3.42. The van der Waals surface area contributed by atoms with Gasteiger partial charge in [-0.25, -0.2) is 9.18 Å². The van der Waals surface area contributed by atoms with Crippen molar-refractivity contribution in [1.82, 2.24) is 15.1 Å². The van der Waals surface area contributed by atoms with Gasteiger partial charge in [0.05, 0.1) is 7.11 Å². The lowest BCUT2D eigenvalue weighted by Crippen LogP contribution is -2.32. The van der Waals surface area contributed by atoms with E-state index in [1.807, 2.05) is 24.3 Å². The highest BCUT2D eigenvalue weighted by Crippen LogP contribution is 2.15. The molecular weight excluding hydrogens is 353 g/mol. The molecule has 0 aliphatic heterocycles. The van der Waals surface area contributed by atoms with E-state index < -0.39 is 11.6 Å². The molecule has 0 aliphatic rings. The first kappa shape index (κ1) is 18.4. The van der Waals surface area contributed by atoms with E-state index in [4.69, 9.17) is 9.15 Å². The Morgan fingerprint density at radius 3 is 2.56 bits per heavy atom. The third-order valence-electron chi connectivity index (χ3n) is 3.89. The molecule has 8 heteroatoms. The normalized spacial score (nSPS) is 10.6. The van der Waals surface area contributed by atoms with Crippen LogP contribution in [0.25, 0.3) is 11.5 Å². The van der Waals surface area contributed by atoms with Gasteiger partial charge in [0.15, 0.2) is 0 Å². The molecule has 0 saturated carbocycles. The fraction of sp³-hybridized carbons (Fsp3) is 0.211. The first-order chi connectivity index (χ1) is 13.0. The monoisotopic (exact) mass is 371 g/mol. The van der Waals surface area contributed by atoms with Crippen molar-refractivity contribution in [3.05, 3.63) is 70.5 Å². The molecule has 0 radical (unpaired) electrons. The zero-order valence-electron chi connectivity index (χ0n) is 14.6. The third-order valence-corrected chi connectivity index (χ3v) is 3.89. The van der Waals surface area contributed by atoms with Crippen molar-refractivity contribution in [2.75, 3.05) is 13.7 Å². The molecular formula is C19H18FN3O4. The van der Waals surface area contributed by atoms with E-state index in [0.717, 1.165) is 16.0 Å². The van der Waals surface area contributed by atoms with Crippen LogP contribution in [0, 0.1) is 5.82 Å². The van der Waals surface area contributed by atoms with Crippen molar-refractivity contribution in [2.24, 2.45) is 0 Å². The van der Waals surface area contributed by atoms with Gasteiger partial charge in [0, 0.05) is 12.1 Å². The topological polar surface area (TPSA) is 86.4 Å². The minimum atomic E-state index is -0.750. The number of rotatable bonds is 7. The van der Waals surface area contributed by atoms with Crippen LogP contribution < -0.4 is 15.8 Å². The standard InChI is InChI=1S/C19H18FN3O4/c1-26-16-8-2-13(3-9-16)10-11-21-17(24)12-23-19(25)27-18(22-23)14-4-6-15(20)7-5-14/h2-9H,10-12H2,1H3,(H,21,24). The van der Waals surface area contributed by atoms with E-state index in [1.54, 1.807) is 7.11 Å². The summed E-state index contributed by atoms with van der Waals surface area (Å²) in [6.45, 7) is 0.161. The Bertz CT molecular complexity index is 962. The van der Waals surface area contributed by atoms with Gasteiger partial charge < -0.3 is 14.5 Å². The smallest absolute Gasteiger partial charge is 0.437 e. The maximum Gasteiger partial charge on any atom is 0.437 e. The summed E-state index contributed by atoms with van der Waals surface area (Å²) >= 11 is 0. The van der Waals surface area contributed by atoms with E-state index in [0.29, 0.717) is 18.5 Å². The van der Waals surface area contributed by atoms with Crippen LogP contribution in [0.4, 0.5) is 4.39 Å². The van der Waals surface area contributed by atoms with Crippen LogP contribution >= 0.6 is 0 Å². The molecule has 0 unspecified atom stereocenters. The number of ether oxygens (including phenoxy) is 1.